The predicted molar refractivity (Wildman–Crippen MR) is 85.7 cm³/mol. The Morgan fingerprint density at radius 1 is 1.35 bits per heavy atom. The summed E-state index contributed by atoms with van der Waals surface area (Å²) in [6, 6.07) is 9.33. The standard InChI is InChI=1S/C17H20N2O4/c1-23-16(21)9-5-6-10-18-17(22)13-11-15(20)19(12-13)14-7-3-2-4-8-14/h2-5,7-9,13H,6,10-12H2,1H3,(H,18,22)/b9-5+. The van der Waals surface area contributed by atoms with Crippen LogP contribution in [0.4, 0.5) is 5.69 Å². The summed E-state index contributed by atoms with van der Waals surface area (Å²) in [6.45, 7) is 0.815. The minimum Gasteiger partial charge on any atom is -0.466 e. The van der Waals surface area contributed by atoms with Crippen molar-refractivity contribution in [3.63, 3.8) is 0 Å². The Morgan fingerprint density at radius 2 is 2.09 bits per heavy atom. The van der Waals surface area contributed by atoms with Crippen LogP contribution in [-0.4, -0.2) is 38.0 Å². The highest BCUT2D eigenvalue weighted by Gasteiger charge is 2.34. The van der Waals surface area contributed by atoms with Gasteiger partial charge in [0.15, 0.2) is 0 Å². The molecule has 1 saturated heterocycles. The molecule has 1 aliphatic heterocycles. The molecule has 1 atom stereocenters. The summed E-state index contributed by atoms with van der Waals surface area (Å²) in [7, 11) is 1.31. The normalized spacial score (nSPS) is 17.5. The minimum absolute atomic E-state index is 0.0399. The molecule has 6 heteroatoms. The number of anilines is 1. The molecule has 0 saturated carbocycles. The zero-order chi connectivity index (χ0) is 16.7. The Labute approximate surface area is 135 Å². The first-order chi connectivity index (χ1) is 11.1. The van der Waals surface area contributed by atoms with Crippen molar-refractivity contribution in [1.29, 1.82) is 0 Å². The fourth-order valence-electron chi connectivity index (χ4n) is 2.41. The van der Waals surface area contributed by atoms with Gasteiger partial charge in [-0.2, -0.15) is 0 Å². The van der Waals surface area contributed by atoms with E-state index in [0.29, 0.717) is 19.5 Å². The Bertz CT molecular complexity index is 598. The summed E-state index contributed by atoms with van der Waals surface area (Å²) in [6.07, 6.45) is 3.72. The number of amides is 2. The highest BCUT2D eigenvalue weighted by atomic mass is 16.5. The molecule has 1 aromatic carbocycles. The third-order valence-corrected chi connectivity index (χ3v) is 3.63. The maximum absolute atomic E-state index is 12.1. The number of hydrogen-bond donors (Lipinski definition) is 1. The molecule has 0 aromatic heterocycles. The van der Waals surface area contributed by atoms with Gasteiger partial charge in [0, 0.05) is 31.3 Å². The highest BCUT2D eigenvalue weighted by molar-refractivity contribution is 6.00. The quantitative estimate of drug-likeness (QED) is 0.487. The zero-order valence-electron chi connectivity index (χ0n) is 13.0. The van der Waals surface area contributed by atoms with Gasteiger partial charge in [-0.25, -0.2) is 4.79 Å². The monoisotopic (exact) mass is 316 g/mol. The van der Waals surface area contributed by atoms with Gasteiger partial charge in [-0.15, -0.1) is 0 Å². The Balaban J connectivity index is 1.79. The fourth-order valence-corrected chi connectivity index (χ4v) is 2.41. The fraction of sp³-hybridized carbons (Fsp3) is 0.353. The molecule has 1 fully saturated rings. The molecule has 23 heavy (non-hydrogen) atoms. The Hall–Kier alpha value is -2.63. The molecule has 1 unspecified atom stereocenters. The van der Waals surface area contributed by atoms with Gasteiger partial charge in [0.25, 0.3) is 0 Å². The largest absolute Gasteiger partial charge is 0.466 e. The van der Waals surface area contributed by atoms with E-state index in [2.05, 4.69) is 10.1 Å². The molecule has 1 N–H and O–H groups in total. The van der Waals surface area contributed by atoms with Crippen LogP contribution in [0.3, 0.4) is 0 Å². The van der Waals surface area contributed by atoms with Crippen LogP contribution < -0.4 is 10.2 Å². The van der Waals surface area contributed by atoms with E-state index in [4.69, 9.17) is 0 Å². The topological polar surface area (TPSA) is 75.7 Å². The first-order valence-corrected chi connectivity index (χ1v) is 7.49. The van der Waals surface area contributed by atoms with E-state index in [1.165, 1.54) is 13.2 Å². The van der Waals surface area contributed by atoms with Crippen LogP contribution in [0.25, 0.3) is 0 Å². The number of methoxy groups -OCH3 is 1. The number of ether oxygens (including phenoxy) is 1. The number of carbonyl (C=O) groups is 3. The Morgan fingerprint density at radius 3 is 2.78 bits per heavy atom. The summed E-state index contributed by atoms with van der Waals surface area (Å²) in [5.41, 5.74) is 0.814. The van der Waals surface area contributed by atoms with E-state index in [-0.39, 0.29) is 24.2 Å². The van der Waals surface area contributed by atoms with Gasteiger partial charge < -0.3 is 15.0 Å². The number of carbonyl (C=O) groups excluding carboxylic acids is 3. The van der Waals surface area contributed by atoms with E-state index in [1.54, 1.807) is 11.0 Å². The van der Waals surface area contributed by atoms with Crippen molar-refractivity contribution in [2.24, 2.45) is 5.92 Å². The van der Waals surface area contributed by atoms with Gasteiger partial charge in [-0.05, 0) is 18.6 Å². The Kier molecular flexibility index (Phi) is 5.91. The van der Waals surface area contributed by atoms with Crippen molar-refractivity contribution in [2.45, 2.75) is 12.8 Å². The second-order valence-electron chi connectivity index (χ2n) is 5.25. The second kappa shape index (κ2) is 8.12. The molecule has 0 spiro atoms. The van der Waals surface area contributed by atoms with E-state index >= 15 is 0 Å². The van der Waals surface area contributed by atoms with Crippen molar-refractivity contribution < 1.29 is 19.1 Å². The van der Waals surface area contributed by atoms with Crippen LogP contribution in [0.2, 0.25) is 0 Å². The summed E-state index contributed by atoms with van der Waals surface area (Å²) in [5, 5.41) is 2.79. The molecule has 2 rings (SSSR count). The number of nitrogens with zero attached hydrogens (tertiary/aromatic N) is 1. The van der Waals surface area contributed by atoms with Gasteiger partial charge in [0.05, 0.1) is 13.0 Å². The lowest BCUT2D eigenvalue weighted by atomic mass is 10.1. The number of hydrogen-bond acceptors (Lipinski definition) is 4. The summed E-state index contributed by atoms with van der Waals surface area (Å²) >= 11 is 0. The van der Waals surface area contributed by atoms with Gasteiger partial charge in [-0.3, -0.25) is 9.59 Å². The number of rotatable bonds is 6. The average molecular weight is 316 g/mol. The van der Waals surface area contributed by atoms with E-state index in [0.717, 1.165) is 5.69 Å². The molecule has 0 bridgehead atoms. The van der Waals surface area contributed by atoms with Crippen LogP contribution in [0.15, 0.2) is 42.5 Å². The van der Waals surface area contributed by atoms with Crippen molar-refractivity contribution in [1.82, 2.24) is 5.32 Å². The lowest BCUT2D eigenvalue weighted by Gasteiger charge is -2.16. The van der Waals surface area contributed by atoms with E-state index in [9.17, 15) is 14.4 Å². The molecule has 1 aliphatic rings. The SMILES string of the molecule is COC(=O)/C=C/CCNC(=O)C1CC(=O)N(c2ccccc2)C1. The molecule has 1 heterocycles. The molecule has 0 radical (unpaired) electrons. The highest BCUT2D eigenvalue weighted by Crippen LogP contribution is 2.24. The van der Waals surface area contributed by atoms with Crippen LogP contribution in [-0.2, 0) is 19.1 Å². The minimum atomic E-state index is -0.420. The number of para-hydroxylation sites is 1. The van der Waals surface area contributed by atoms with Gasteiger partial charge in [0.1, 0.15) is 0 Å². The number of benzene rings is 1. The van der Waals surface area contributed by atoms with Crippen LogP contribution in [0, 0.1) is 5.92 Å². The van der Waals surface area contributed by atoms with Crippen LogP contribution in [0.1, 0.15) is 12.8 Å². The average Bonchev–Trinajstić information content (AvgIpc) is 2.97. The lowest BCUT2D eigenvalue weighted by molar-refractivity contribution is -0.134. The summed E-state index contributed by atoms with van der Waals surface area (Å²) in [5.74, 6) is -0.936. The summed E-state index contributed by atoms with van der Waals surface area (Å²) < 4.78 is 4.47. The lowest BCUT2D eigenvalue weighted by Crippen LogP contribution is -2.33. The van der Waals surface area contributed by atoms with Crippen molar-refractivity contribution in [2.75, 3.05) is 25.1 Å². The third-order valence-electron chi connectivity index (χ3n) is 3.63. The van der Waals surface area contributed by atoms with Gasteiger partial charge in [0.2, 0.25) is 11.8 Å². The molecule has 122 valence electrons. The van der Waals surface area contributed by atoms with Crippen molar-refractivity contribution >= 4 is 23.5 Å². The molecule has 1 aromatic rings. The van der Waals surface area contributed by atoms with Crippen molar-refractivity contribution in [3.05, 3.63) is 42.5 Å². The van der Waals surface area contributed by atoms with E-state index in [1.807, 2.05) is 30.3 Å². The first kappa shape index (κ1) is 16.7. The smallest absolute Gasteiger partial charge is 0.330 e. The maximum Gasteiger partial charge on any atom is 0.330 e. The van der Waals surface area contributed by atoms with E-state index < -0.39 is 5.97 Å². The van der Waals surface area contributed by atoms with Crippen LogP contribution >= 0.6 is 0 Å². The van der Waals surface area contributed by atoms with Crippen LogP contribution in [0.5, 0.6) is 0 Å². The second-order valence-corrected chi connectivity index (χ2v) is 5.25. The molecule has 0 aliphatic carbocycles. The predicted octanol–water partition coefficient (Wildman–Crippen LogP) is 1.27. The zero-order valence-corrected chi connectivity index (χ0v) is 13.0. The molecule has 2 amide bonds. The summed E-state index contributed by atoms with van der Waals surface area (Å²) in [4.78, 5) is 36.7. The molecular weight excluding hydrogens is 296 g/mol. The van der Waals surface area contributed by atoms with Gasteiger partial charge in [-0.1, -0.05) is 24.3 Å². The first-order valence-electron chi connectivity index (χ1n) is 7.49. The maximum atomic E-state index is 12.1. The van der Waals surface area contributed by atoms with Gasteiger partial charge >= 0.3 is 5.97 Å². The molecule has 6 nitrogen and oxygen atoms in total. The number of nitrogens with one attached hydrogen (secondary N) is 1. The molecular formula is C17H20N2O4. The van der Waals surface area contributed by atoms with Crippen molar-refractivity contribution in [3.8, 4) is 0 Å². The number of esters is 1. The third kappa shape index (κ3) is 4.67.